The average Bonchev–Trinajstić information content (AvgIpc) is 2.23. The van der Waals surface area contributed by atoms with Gasteiger partial charge in [-0.1, -0.05) is 32.9 Å². The van der Waals surface area contributed by atoms with Crippen LogP contribution in [0.25, 0.3) is 0 Å². The second-order valence-electron chi connectivity index (χ2n) is 5.28. The van der Waals surface area contributed by atoms with Gasteiger partial charge in [-0.3, -0.25) is 0 Å². The molecule has 0 heterocycles. The first-order chi connectivity index (χ1) is 7.90. The molecule has 1 unspecified atom stereocenters. The van der Waals surface area contributed by atoms with E-state index in [1.165, 1.54) is 5.56 Å². The molecule has 0 aliphatic rings. The highest BCUT2D eigenvalue weighted by Gasteiger charge is 2.15. The Morgan fingerprint density at radius 1 is 1.35 bits per heavy atom. The van der Waals surface area contributed by atoms with Crippen LogP contribution in [0.1, 0.15) is 26.3 Å². The number of likely N-dealkylation sites (N-methyl/N-ethyl adjacent to an activating group) is 1. The van der Waals surface area contributed by atoms with E-state index in [4.69, 9.17) is 0 Å². The Kier molecular flexibility index (Phi) is 5.34. The zero-order chi connectivity index (χ0) is 12.9. The molecule has 0 aliphatic carbocycles. The normalized spacial score (nSPS) is 13.6. The van der Waals surface area contributed by atoms with Gasteiger partial charge in [-0.25, -0.2) is 0 Å². The van der Waals surface area contributed by atoms with Crippen molar-refractivity contribution in [2.24, 2.45) is 0 Å². The Labute approximate surface area is 109 Å². The molecule has 0 aromatic heterocycles. The average molecular weight is 253 g/mol. The van der Waals surface area contributed by atoms with E-state index in [1.807, 2.05) is 30.9 Å². The summed E-state index contributed by atoms with van der Waals surface area (Å²) < 4.78 is 0.300. The van der Waals surface area contributed by atoms with E-state index in [0.29, 0.717) is 16.5 Å². The molecule has 0 saturated carbocycles. The summed E-state index contributed by atoms with van der Waals surface area (Å²) >= 11 is 1.96. The number of benzene rings is 1. The van der Waals surface area contributed by atoms with Gasteiger partial charge in [-0.2, -0.15) is 11.8 Å². The molecule has 17 heavy (non-hydrogen) atoms. The number of hydrogen-bond acceptors (Lipinski definition) is 3. The fraction of sp³-hybridized carbons (Fsp3) is 0.571. The Bertz CT molecular complexity index is 346. The van der Waals surface area contributed by atoms with Crippen LogP contribution in [0.3, 0.4) is 0 Å². The van der Waals surface area contributed by atoms with Crippen molar-refractivity contribution in [2.45, 2.75) is 38.0 Å². The molecule has 0 radical (unpaired) electrons. The van der Waals surface area contributed by atoms with E-state index in [0.717, 1.165) is 12.2 Å². The van der Waals surface area contributed by atoms with E-state index < -0.39 is 0 Å². The predicted octanol–water partition coefficient (Wildman–Crippen LogP) is 3.05. The lowest BCUT2D eigenvalue weighted by Gasteiger charge is -2.22. The highest BCUT2D eigenvalue weighted by atomic mass is 32.2. The molecule has 0 saturated heterocycles. The van der Waals surface area contributed by atoms with Gasteiger partial charge in [0.15, 0.2) is 0 Å². The lowest BCUT2D eigenvalue weighted by Crippen LogP contribution is -2.31. The summed E-state index contributed by atoms with van der Waals surface area (Å²) in [4.78, 5) is 0. The van der Waals surface area contributed by atoms with Crippen molar-refractivity contribution in [3.05, 3.63) is 29.8 Å². The SMILES string of the molecule is CNC(CSC(C)(C)C)Cc1cccc(O)c1. The van der Waals surface area contributed by atoms with Gasteiger partial charge in [0.1, 0.15) is 5.75 Å². The Balaban J connectivity index is 2.52. The summed E-state index contributed by atoms with van der Waals surface area (Å²) in [6, 6.07) is 7.95. The molecule has 0 bridgehead atoms. The van der Waals surface area contributed by atoms with Crippen molar-refractivity contribution < 1.29 is 5.11 Å². The van der Waals surface area contributed by atoms with Crippen molar-refractivity contribution in [2.75, 3.05) is 12.8 Å². The predicted molar refractivity (Wildman–Crippen MR) is 76.9 cm³/mol. The standard InChI is InChI=1S/C14H23NOS/c1-14(2,3)17-10-12(15-4)8-11-6-5-7-13(16)9-11/h5-7,9,12,15-16H,8,10H2,1-4H3. The minimum Gasteiger partial charge on any atom is -0.508 e. The summed E-state index contributed by atoms with van der Waals surface area (Å²) in [7, 11) is 2.00. The molecule has 1 aromatic rings. The molecule has 0 spiro atoms. The van der Waals surface area contributed by atoms with Crippen LogP contribution < -0.4 is 5.32 Å². The highest BCUT2D eigenvalue weighted by molar-refractivity contribution is 8.00. The van der Waals surface area contributed by atoms with Crippen LogP contribution >= 0.6 is 11.8 Å². The number of phenolic OH excluding ortho intramolecular Hbond substituents is 1. The zero-order valence-corrected chi connectivity index (χ0v) is 12.0. The van der Waals surface area contributed by atoms with Gasteiger partial charge in [0.25, 0.3) is 0 Å². The molecular weight excluding hydrogens is 230 g/mol. The maximum Gasteiger partial charge on any atom is 0.115 e. The molecule has 2 nitrogen and oxygen atoms in total. The minimum absolute atomic E-state index is 0.300. The first kappa shape index (κ1) is 14.4. The fourth-order valence-electron chi connectivity index (χ4n) is 1.56. The van der Waals surface area contributed by atoms with Crippen molar-refractivity contribution in [3.63, 3.8) is 0 Å². The molecule has 2 N–H and O–H groups in total. The third kappa shape index (κ3) is 5.99. The van der Waals surface area contributed by atoms with E-state index in [2.05, 4.69) is 32.2 Å². The van der Waals surface area contributed by atoms with Gasteiger partial charge in [0, 0.05) is 16.5 Å². The van der Waals surface area contributed by atoms with Crippen molar-refractivity contribution in [3.8, 4) is 5.75 Å². The van der Waals surface area contributed by atoms with Crippen LogP contribution in [0, 0.1) is 0 Å². The monoisotopic (exact) mass is 253 g/mol. The number of aromatic hydroxyl groups is 1. The molecule has 3 heteroatoms. The fourth-order valence-corrected chi connectivity index (χ4v) is 2.55. The summed E-state index contributed by atoms with van der Waals surface area (Å²) in [5.41, 5.74) is 1.18. The summed E-state index contributed by atoms with van der Waals surface area (Å²) in [5.74, 6) is 1.43. The number of phenols is 1. The molecule has 1 atom stereocenters. The number of rotatable bonds is 5. The summed E-state index contributed by atoms with van der Waals surface area (Å²) in [6.07, 6.45) is 0.952. The van der Waals surface area contributed by atoms with Gasteiger partial charge < -0.3 is 10.4 Å². The molecule has 0 aliphatic heterocycles. The van der Waals surface area contributed by atoms with Crippen LogP contribution in [-0.2, 0) is 6.42 Å². The van der Waals surface area contributed by atoms with Gasteiger partial charge in [-0.15, -0.1) is 0 Å². The summed E-state index contributed by atoms with van der Waals surface area (Å²) in [6.45, 7) is 6.70. The molecule has 96 valence electrons. The van der Waals surface area contributed by atoms with E-state index in [9.17, 15) is 5.11 Å². The van der Waals surface area contributed by atoms with Crippen LogP contribution in [0.4, 0.5) is 0 Å². The zero-order valence-electron chi connectivity index (χ0n) is 11.2. The largest absolute Gasteiger partial charge is 0.508 e. The van der Waals surface area contributed by atoms with Crippen LogP contribution in [-0.4, -0.2) is 28.7 Å². The van der Waals surface area contributed by atoms with Crippen molar-refractivity contribution in [1.29, 1.82) is 0 Å². The van der Waals surface area contributed by atoms with Gasteiger partial charge in [-0.05, 0) is 31.2 Å². The van der Waals surface area contributed by atoms with Crippen LogP contribution in [0.15, 0.2) is 24.3 Å². The molecule has 0 fully saturated rings. The molecule has 1 aromatic carbocycles. The highest BCUT2D eigenvalue weighted by Crippen LogP contribution is 2.24. The first-order valence-corrected chi connectivity index (χ1v) is 6.98. The van der Waals surface area contributed by atoms with Crippen molar-refractivity contribution in [1.82, 2.24) is 5.32 Å². The van der Waals surface area contributed by atoms with E-state index in [-0.39, 0.29) is 0 Å². The maximum atomic E-state index is 9.43. The third-order valence-corrected chi connectivity index (χ3v) is 3.95. The third-order valence-electron chi connectivity index (χ3n) is 2.52. The lowest BCUT2D eigenvalue weighted by atomic mass is 10.1. The van der Waals surface area contributed by atoms with Crippen LogP contribution in [0.5, 0.6) is 5.75 Å². The quantitative estimate of drug-likeness (QED) is 0.846. The second kappa shape index (κ2) is 6.31. The number of nitrogens with one attached hydrogen (secondary N) is 1. The minimum atomic E-state index is 0.300. The van der Waals surface area contributed by atoms with Gasteiger partial charge in [0.2, 0.25) is 0 Å². The first-order valence-electron chi connectivity index (χ1n) is 6.00. The maximum absolute atomic E-state index is 9.43. The second-order valence-corrected chi connectivity index (χ2v) is 7.13. The molecule has 0 amide bonds. The lowest BCUT2D eigenvalue weighted by molar-refractivity contribution is 0.474. The smallest absolute Gasteiger partial charge is 0.115 e. The number of hydrogen-bond donors (Lipinski definition) is 2. The van der Waals surface area contributed by atoms with E-state index in [1.54, 1.807) is 6.07 Å². The molecule has 1 rings (SSSR count). The van der Waals surface area contributed by atoms with Crippen LogP contribution in [0.2, 0.25) is 0 Å². The van der Waals surface area contributed by atoms with Gasteiger partial charge in [0.05, 0.1) is 0 Å². The Hall–Kier alpha value is -0.670. The van der Waals surface area contributed by atoms with Gasteiger partial charge >= 0.3 is 0 Å². The Morgan fingerprint density at radius 3 is 2.59 bits per heavy atom. The molecular formula is C14H23NOS. The summed E-state index contributed by atoms with van der Waals surface area (Å²) in [5, 5.41) is 12.8. The Morgan fingerprint density at radius 2 is 2.06 bits per heavy atom. The van der Waals surface area contributed by atoms with Crippen molar-refractivity contribution >= 4 is 11.8 Å². The van der Waals surface area contributed by atoms with E-state index >= 15 is 0 Å². The topological polar surface area (TPSA) is 32.3 Å². The number of thioether (sulfide) groups is 1.